The monoisotopic (exact) mass is 645 g/mol. The van der Waals surface area contributed by atoms with E-state index in [1.165, 1.54) is 104 Å². The van der Waals surface area contributed by atoms with Crippen molar-refractivity contribution in [3.63, 3.8) is 0 Å². The van der Waals surface area contributed by atoms with Crippen LogP contribution in [0.15, 0.2) is 188 Å². The Hall–Kier alpha value is -6.70. The summed E-state index contributed by atoms with van der Waals surface area (Å²) in [5, 5.41) is 12.9. The van der Waals surface area contributed by atoms with E-state index in [1.54, 1.807) is 0 Å². The van der Waals surface area contributed by atoms with Gasteiger partial charge in [-0.2, -0.15) is 0 Å². The summed E-state index contributed by atoms with van der Waals surface area (Å²) in [6, 6.07) is 69.2. The van der Waals surface area contributed by atoms with Crippen molar-refractivity contribution in [3.8, 4) is 39.1 Å². The molecular formula is C50H31N. The third-order valence-corrected chi connectivity index (χ3v) is 11.0. The van der Waals surface area contributed by atoms with Gasteiger partial charge in [-0.15, -0.1) is 0 Å². The number of rotatable bonds is 4. The first-order chi connectivity index (χ1) is 25.3. The smallest absolute Gasteiger partial charge is 0.0541 e. The second-order valence-electron chi connectivity index (χ2n) is 13.7. The van der Waals surface area contributed by atoms with Crippen molar-refractivity contribution in [1.82, 2.24) is 4.57 Å². The van der Waals surface area contributed by atoms with Crippen LogP contribution in [0.4, 0.5) is 0 Å². The molecule has 51 heavy (non-hydrogen) atoms. The van der Waals surface area contributed by atoms with E-state index in [2.05, 4.69) is 193 Å². The van der Waals surface area contributed by atoms with E-state index in [4.69, 9.17) is 0 Å². The molecule has 0 N–H and O–H groups in total. The fraction of sp³-hybridized carbons (Fsp3) is 0. The van der Waals surface area contributed by atoms with Crippen LogP contribution in [0, 0.1) is 0 Å². The van der Waals surface area contributed by atoms with E-state index in [-0.39, 0.29) is 0 Å². The van der Waals surface area contributed by atoms with Gasteiger partial charge in [-0.05, 0) is 95.3 Å². The van der Waals surface area contributed by atoms with Gasteiger partial charge < -0.3 is 4.57 Å². The summed E-state index contributed by atoms with van der Waals surface area (Å²) in [6.45, 7) is 0. The Labute approximate surface area is 295 Å². The first-order valence-corrected chi connectivity index (χ1v) is 17.7. The molecule has 0 atom stereocenters. The Kier molecular flexibility index (Phi) is 6.02. The van der Waals surface area contributed by atoms with E-state index >= 15 is 0 Å². The third kappa shape index (κ3) is 4.22. The molecular weight excluding hydrogens is 615 g/mol. The summed E-state index contributed by atoms with van der Waals surface area (Å²) >= 11 is 0. The highest BCUT2D eigenvalue weighted by atomic mass is 15.0. The minimum absolute atomic E-state index is 1.21. The van der Waals surface area contributed by atoms with Crippen LogP contribution in [-0.2, 0) is 0 Å². The summed E-state index contributed by atoms with van der Waals surface area (Å²) in [5.74, 6) is 0. The lowest BCUT2D eigenvalue weighted by Crippen LogP contribution is -1.95. The van der Waals surface area contributed by atoms with Gasteiger partial charge in [0, 0.05) is 16.2 Å². The molecule has 10 aromatic carbocycles. The van der Waals surface area contributed by atoms with E-state index in [1.807, 2.05) is 0 Å². The zero-order valence-corrected chi connectivity index (χ0v) is 27.8. The van der Waals surface area contributed by atoms with E-state index in [9.17, 15) is 0 Å². The largest absolute Gasteiger partial charge is 0.309 e. The fourth-order valence-electron chi connectivity index (χ4n) is 8.58. The molecule has 1 heterocycles. The maximum absolute atomic E-state index is 2.43. The van der Waals surface area contributed by atoms with Crippen LogP contribution < -0.4 is 0 Å². The number of hydrogen-bond acceptors (Lipinski definition) is 0. The maximum Gasteiger partial charge on any atom is 0.0541 e. The number of nitrogens with zero attached hydrogens (tertiary/aromatic N) is 1. The van der Waals surface area contributed by atoms with Crippen LogP contribution >= 0.6 is 0 Å². The molecule has 0 aliphatic carbocycles. The van der Waals surface area contributed by atoms with Crippen molar-refractivity contribution in [2.24, 2.45) is 0 Å². The van der Waals surface area contributed by atoms with Gasteiger partial charge in [0.05, 0.1) is 16.7 Å². The first-order valence-electron chi connectivity index (χ1n) is 17.7. The van der Waals surface area contributed by atoms with Crippen molar-refractivity contribution < 1.29 is 0 Å². The van der Waals surface area contributed by atoms with Gasteiger partial charge in [0.1, 0.15) is 0 Å². The molecule has 0 saturated carbocycles. The van der Waals surface area contributed by atoms with Crippen molar-refractivity contribution in [2.45, 2.75) is 0 Å². The predicted molar refractivity (Wildman–Crippen MR) is 218 cm³/mol. The topological polar surface area (TPSA) is 4.93 Å². The van der Waals surface area contributed by atoms with Crippen LogP contribution in [0.5, 0.6) is 0 Å². The van der Waals surface area contributed by atoms with Gasteiger partial charge >= 0.3 is 0 Å². The molecule has 0 radical (unpaired) electrons. The lowest BCUT2D eigenvalue weighted by atomic mass is 9.87. The quantitative estimate of drug-likeness (QED) is 0.168. The van der Waals surface area contributed by atoms with Gasteiger partial charge in [-0.1, -0.05) is 164 Å². The zero-order valence-electron chi connectivity index (χ0n) is 27.8. The Morgan fingerprint density at radius 3 is 1.57 bits per heavy atom. The molecule has 0 amide bonds. The Balaban J connectivity index is 1.03. The number of fused-ring (bicyclic) bond motifs is 4. The van der Waals surface area contributed by atoms with Gasteiger partial charge in [0.25, 0.3) is 0 Å². The lowest BCUT2D eigenvalue weighted by molar-refractivity contribution is 1.20. The van der Waals surface area contributed by atoms with Gasteiger partial charge in [-0.25, -0.2) is 0 Å². The van der Waals surface area contributed by atoms with E-state index < -0.39 is 0 Å². The van der Waals surface area contributed by atoms with Crippen LogP contribution in [0.3, 0.4) is 0 Å². The normalized spacial score (nSPS) is 11.9. The lowest BCUT2D eigenvalue weighted by Gasteiger charge is -2.16. The molecule has 1 aromatic heterocycles. The number of para-hydroxylation sites is 1. The van der Waals surface area contributed by atoms with E-state index in [0.29, 0.717) is 0 Å². The molecule has 0 spiro atoms. The average Bonchev–Trinajstić information content (AvgIpc) is 3.53. The van der Waals surface area contributed by atoms with Crippen molar-refractivity contribution in [3.05, 3.63) is 188 Å². The molecule has 236 valence electrons. The Morgan fingerprint density at radius 2 is 0.824 bits per heavy atom. The highest BCUT2D eigenvalue weighted by Gasteiger charge is 2.17. The van der Waals surface area contributed by atoms with Crippen LogP contribution in [-0.4, -0.2) is 4.57 Å². The predicted octanol–water partition coefficient (Wildman–Crippen LogP) is 13.8. The third-order valence-electron chi connectivity index (χ3n) is 11.0. The SMILES string of the molecule is c1ccc(-c2ccc3ccc4c(-c5ccc(-c6ccc7c(c6)c6ccccc6n7-c6cccc7ccccc67)cc5)ccc5ccc2c3c54)cc1. The molecule has 0 aliphatic heterocycles. The second-order valence-corrected chi connectivity index (χ2v) is 13.7. The second kappa shape index (κ2) is 10.9. The molecule has 0 saturated heterocycles. The summed E-state index contributed by atoms with van der Waals surface area (Å²) in [4.78, 5) is 0. The molecule has 1 heteroatoms. The molecule has 0 unspecified atom stereocenters. The zero-order chi connectivity index (χ0) is 33.5. The number of hydrogen-bond donors (Lipinski definition) is 0. The summed E-state index contributed by atoms with van der Waals surface area (Å²) in [5.41, 5.74) is 11.1. The van der Waals surface area contributed by atoms with Crippen LogP contribution in [0.1, 0.15) is 0 Å². The van der Waals surface area contributed by atoms with E-state index in [0.717, 1.165) is 0 Å². The minimum Gasteiger partial charge on any atom is -0.309 e. The van der Waals surface area contributed by atoms with Gasteiger partial charge in [-0.3, -0.25) is 0 Å². The summed E-state index contributed by atoms with van der Waals surface area (Å²) in [7, 11) is 0. The van der Waals surface area contributed by atoms with Crippen molar-refractivity contribution in [1.29, 1.82) is 0 Å². The average molecular weight is 646 g/mol. The molecule has 1 nitrogen and oxygen atoms in total. The molecule has 0 fully saturated rings. The minimum atomic E-state index is 1.21. The standard InChI is InChI=1S/C50H31N/c1-2-9-33(10-3-1)39-26-21-36-24-29-44-40(27-22-37-23-28-43(39)49(36)50(37)44)35-19-17-32(18-20-35)38-25-30-48-45(31-38)42-14-6-7-15-47(42)51(48)46-16-8-12-34-11-4-5-13-41(34)46/h1-31H. The van der Waals surface area contributed by atoms with Crippen LogP contribution in [0.2, 0.25) is 0 Å². The van der Waals surface area contributed by atoms with Gasteiger partial charge in [0.2, 0.25) is 0 Å². The molecule has 0 bridgehead atoms. The van der Waals surface area contributed by atoms with Gasteiger partial charge in [0.15, 0.2) is 0 Å². The maximum atomic E-state index is 2.43. The Bertz CT molecular complexity index is 3100. The summed E-state index contributed by atoms with van der Waals surface area (Å²) < 4.78 is 2.43. The Morgan fingerprint density at radius 1 is 0.275 bits per heavy atom. The van der Waals surface area contributed by atoms with Crippen molar-refractivity contribution in [2.75, 3.05) is 0 Å². The number of aromatic nitrogens is 1. The summed E-state index contributed by atoms with van der Waals surface area (Å²) in [6.07, 6.45) is 0. The molecule has 11 rings (SSSR count). The van der Waals surface area contributed by atoms with Crippen molar-refractivity contribution >= 4 is 64.9 Å². The fourth-order valence-corrected chi connectivity index (χ4v) is 8.58. The van der Waals surface area contributed by atoms with Crippen LogP contribution in [0.25, 0.3) is 104 Å². The molecule has 11 aromatic rings. The first kappa shape index (κ1) is 28.2. The number of benzene rings is 10. The molecule has 0 aliphatic rings. The highest BCUT2D eigenvalue weighted by molar-refractivity contribution is 6.27. The highest BCUT2D eigenvalue weighted by Crippen LogP contribution is 2.43.